The van der Waals surface area contributed by atoms with Gasteiger partial charge in [-0.3, -0.25) is 9.98 Å². The summed E-state index contributed by atoms with van der Waals surface area (Å²) >= 11 is 0. The number of hydrogen-bond acceptors (Lipinski definition) is 6. The predicted molar refractivity (Wildman–Crippen MR) is 98.6 cm³/mol. The average molecular weight is 385 g/mol. The summed E-state index contributed by atoms with van der Waals surface area (Å²) in [5.74, 6) is 0.620. The molecule has 1 fully saturated rings. The number of pyridine rings is 1. The number of guanidine groups is 1. The molecule has 10 heteroatoms. The first-order valence-electron chi connectivity index (χ1n) is 8.65. The molecule has 26 heavy (non-hydrogen) atoms. The molecule has 0 bridgehead atoms. The molecule has 0 amide bonds. The highest BCUT2D eigenvalue weighted by Gasteiger charge is 2.15. The zero-order valence-electron chi connectivity index (χ0n) is 15.0. The number of sulfonamides is 1. The van der Waals surface area contributed by atoms with Crippen LogP contribution in [0.15, 0.2) is 34.4 Å². The smallest absolute Gasteiger partial charge is 0.242 e. The molecule has 1 aromatic heterocycles. The lowest BCUT2D eigenvalue weighted by atomic mass is 10.3. The zero-order valence-corrected chi connectivity index (χ0v) is 15.8. The molecule has 0 aromatic carbocycles. The molecule has 1 aliphatic rings. The molecule has 2 rings (SSSR count). The average Bonchev–Trinajstić information content (AvgIpc) is 3.17. The van der Waals surface area contributed by atoms with Gasteiger partial charge >= 0.3 is 0 Å². The van der Waals surface area contributed by atoms with Crippen LogP contribution in [0.3, 0.4) is 0 Å². The third kappa shape index (κ3) is 7.24. The van der Waals surface area contributed by atoms with E-state index >= 15 is 0 Å². The minimum absolute atomic E-state index is 0.148. The second kappa shape index (κ2) is 11.1. The van der Waals surface area contributed by atoms with E-state index < -0.39 is 10.0 Å². The molecule has 2 heterocycles. The van der Waals surface area contributed by atoms with Crippen molar-refractivity contribution in [1.29, 1.82) is 0 Å². The zero-order chi connectivity index (χ0) is 18.7. The van der Waals surface area contributed by atoms with Crippen LogP contribution in [0.1, 0.15) is 12.8 Å². The fourth-order valence-corrected chi connectivity index (χ4v) is 3.34. The van der Waals surface area contributed by atoms with Crippen molar-refractivity contribution in [3.05, 3.63) is 24.5 Å². The third-order valence-electron chi connectivity index (χ3n) is 3.73. The van der Waals surface area contributed by atoms with E-state index in [2.05, 4.69) is 25.3 Å². The van der Waals surface area contributed by atoms with Crippen molar-refractivity contribution in [3.63, 3.8) is 0 Å². The second-order valence-electron chi connectivity index (χ2n) is 5.72. The van der Waals surface area contributed by atoms with Gasteiger partial charge < -0.3 is 20.1 Å². The van der Waals surface area contributed by atoms with E-state index in [1.807, 2.05) is 0 Å². The lowest BCUT2D eigenvalue weighted by Crippen LogP contribution is -2.42. The Labute approximate surface area is 154 Å². The Hall–Kier alpha value is -1.75. The number of nitrogens with one attached hydrogen (secondary N) is 3. The number of aliphatic imine (C=N–C) groups is 1. The summed E-state index contributed by atoms with van der Waals surface area (Å²) in [6.07, 6.45) is 4.88. The van der Waals surface area contributed by atoms with Gasteiger partial charge in [0, 0.05) is 52.3 Å². The highest BCUT2D eigenvalue weighted by atomic mass is 32.2. The van der Waals surface area contributed by atoms with Gasteiger partial charge in [-0.05, 0) is 25.0 Å². The molecule has 1 aliphatic heterocycles. The molecule has 0 radical (unpaired) electrons. The first-order chi connectivity index (χ1) is 12.6. The van der Waals surface area contributed by atoms with Gasteiger partial charge in [-0.2, -0.15) is 0 Å². The predicted octanol–water partition coefficient (Wildman–Crippen LogP) is -0.279. The van der Waals surface area contributed by atoms with Crippen LogP contribution in [0, 0.1) is 0 Å². The molecule has 1 saturated heterocycles. The highest BCUT2D eigenvalue weighted by Crippen LogP contribution is 2.07. The number of ether oxygens (including phenoxy) is 2. The van der Waals surface area contributed by atoms with E-state index in [9.17, 15) is 8.42 Å². The van der Waals surface area contributed by atoms with Gasteiger partial charge in [-0.25, -0.2) is 13.1 Å². The Morgan fingerprint density at radius 2 is 2.23 bits per heavy atom. The van der Waals surface area contributed by atoms with Crippen molar-refractivity contribution in [1.82, 2.24) is 20.3 Å². The Bertz CT molecular complexity index is 648. The van der Waals surface area contributed by atoms with Gasteiger partial charge in [-0.1, -0.05) is 0 Å². The van der Waals surface area contributed by atoms with Gasteiger partial charge in [0.1, 0.15) is 4.90 Å². The van der Waals surface area contributed by atoms with Gasteiger partial charge in [-0.15, -0.1) is 0 Å². The second-order valence-corrected chi connectivity index (χ2v) is 7.49. The van der Waals surface area contributed by atoms with Crippen molar-refractivity contribution >= 4 is 16.0 Å². The van der Waals surface area contributed by atoms with Crippen molar-refractivity contribution in [2.75, 3.05) is 46.5 Å². The van der Waals surface area contributed by atoms with Crippen LogP contribution in [0.25, 0.3) is 0 Å². The lowest BCUT2D eigenvalue weighted by molar-refractivity contribution is 0.0420. The topological polar surface area (TPSA) is 114 Å². The molecule has 0 spiro atoms. The summed E-state index contributed by atoms with van der Waals surface area (Å²) < 4.78 is 37.6. The Morgan fingerprint density at radius 1 is 1.38 bits per heavy atom. The normalized spacial score (nSPS) is 18.0. The van der Waals surface area contributed by atoms with Gasteiger partial charge in [0.2, 0.25) is 10.0 Å². The van der Waals surface area contributed by atoms with Crippen LogP contribution >= 0.6 is 0 Å². The molecule has 9 nitrogen and oxygen atoms in total. The van der Waals surface area contributed by atoms with Crippen molar-refractivity contribution in [3.8, 4) is 0 Å². The largest absolute Gasteiger partial charge is 0.379 e. The standard InChI is InChI=1S/C16H27N5O4S/c1-17-16(19-7-3-10-25-14-5-11-24-13-14)20-8-9-21-26(22,23)15-4-2-6-18-12-15/h2,4,6,12,14,21H,3,5,7-11,13H2,1H3,(H2,17,19,20). The van der Waals surface area contributed by atoms with E-state index in [1.165, 1.54) is 18.5 Å². The fourth-order valence-electron chi connectivity index (χ4n) is 2.35. The maximum absolute atomic E-state index is 12.1. The van der Waals surface area contributed by atoms with Gasteiger partial charge in [0.05, 0.1) is 12.7 Å². The lowest BCUT2D eigenvalue weighted by Gasteiger charge is -2.13. The van der Waals surface area contributed by atoms with Gasteiger partial charge in [0.25, 0.3) is 0 Å². The fraction of sp³-hybridized carbons (Fsp3) is 0.625. The van der Waals surface area contributed by atoms with E-state index in [1.54, 1.807) is 13.1 Å². The molecule has 1 aromatic rings. The maximum atomic E-state index is 12.1. The van der Waals surface area contributed by atoms with Crippen molar-refractivity contribution in [2.45, 2.75) is 23.8 Å². The summed E-state index contributed by atoms with van der Waals surface area (Å²) in [5.41, 5.74) is 0. The quantitative estimate of drug-likeness (QED) is 0.288. The maximum Gasteiger partial charge on any atom is 0.242 e. The minimum Gasteiger partial charge on any atom is -0.379 e. The summed E-state index contributed by atoms with van der Waals surface area (Å²) in [5, 5.41) is 6.23. The molecule has 0 saturated carbocycles. The molecular weight excluding hydrogens is 358 g/mol. The summed E-state index contributed by atoms with van der Waals surface area (Å²) in [7, 11) is -1.87. The molecule has 1 atom stereocenters. The van der Waals surface area contributed by atoms with Crippen molar-refractivity contribution < 1.29 is 17.9 Å². The van der Waals surface area contributed by atoms with Crippen LogP contribution in [0.5, 0.6) is 0 Å². The number of nitrogens with zero attached hydrogens (tertiary/aromatic N) is 2. The number of aromatic nitrogens is 1. The molecule has 1 unspecified atom stereocenters. The summed E-state index contributed by atoms with van der Waals surface area (Å²) in [6, 6.07) is 3.09. The van der Waals surface area contributed by atoms with E-state index in [4.69, 9.17) is 9.47 Å². The Morgan fingerprint density at radius 3 is 2.92 bits per heavy atom. The third-order valence-corrected chi connectivity index (χ3v) is 5.18. The summed E-state index contributed by atoms with van der Waals surface area (Å²) in [4.78, 5) is 8.06. The van der Waals surface area contributed by atoms with Crippen LogP contribution in [-0.4, -0.2) is 72.0 Å². The summed E-state index contributed by atoms with van der Waals surface area (Å²) in [6.45, 7) is 3.50. The van der Waals surface area contributed by atoms with Crippen LogP contribution in [-0.2, 0) is 19.5 Å². The van der Waals surface area contributed by atoms with Crippen LogP contribution in [0.2, 0.25) is 0 Å². The monoisotopic (exact) mass is 385 g/mol. The first-order valence-corrected chi connectivity index (χ1v) is 10.1. The highest BCUT2D eigenvalue weighted by molar-refractivity contribution is 7.89. The Kier molecular flexibility index (Phi) is 8.75. The Balaban J connectivity index is 1.57. The van der Waals surface area contributed by atoms with E-state index in [0.717, 1.165) is 19.4 Å². The van der Waals surface area contributed by atoms with E-state index in [0.29, 0.717) is 32.3 Å². The SMILES string of the molecule is CN=C(NCCCOC1CCOC1)NCCNS(=O)(=O)c1cccnc1. The first kappa shape index (κ1) is 20.6. The molecular formula is C16H27N5O4S. The van der Waals surface area contributed by atoms with Crippen molar-refractivity contribution in [2.24, 2.45) is 4.99 Å². The van der Waals surface area contributed by atoms with Crippen LogP contribution in [0.4, 0.5) is 0 Å². The number of rotatable bonds is 10. The van der Waals surface area contributed by atoms with Gasteiger partial charge in [0.15, 0.2) is 5.96 Å². The molecule has 146 valence electrons. The van der Waals surface area contributed by atoms with E-state index in [-0.39, 0.29) is 17.5 Å². The molecule has 3 N–H and O–H groups in total. The van der Waals surface area contributed by atoms with Crippen LogP contribution < -0.4 is 15.4 Å². The number of hydrogen-bond donors (Lipinski definition) is 3. The minimum atomic E-state index is -3.54. The molecule has 0 aliphatic carbocycles.